The van der Waals surface area contributed by atoms with Crippen LogP contribution in [0.4, 0.5) is 0 Å². The number of aliphatic hydroxyl groups excluding tert-OH is 2. The third-order valence-electron chi connectivity index (χ3n) is 10.0. The highest BCUT2D eigenvalue weighted by atomic mass is 16.3. The van der Waals surface area contributed by atoms with Crippen LogP contribution in [0.1, 0.15) is 239 Å². The standard InChI is InChI=1S/C43H85NO3/c1-3-5-7-9-11-13-15-17-18-19-20-21-22-23-24-25-26-27-29-31-33-35-37-39-43(47)44-41(40-45)42(46)38-36-34-32-30-28-16-14-12-10-8-6-4-2/h36,38,41-42,45-46H,3-35,37,39-40H2,1-2H3,(H,44,47)/b38-36+/t41-,42+/m0/s1. The smallest absolute Gasteiger partial charge is 0.220 e. The van der Waals surface area contributed by atoms with Crippen molar-refractivity contribution in [3.05, 3.63) is 12.2 Å². The monoisotopic (exact) mass is 664 g/mol. The van der Waals surface area contributed by atoms with Gasteiger partial charge in [-0.2, -0.15) is 0 Å². The summed E-state index contributed by atoms with van der Waals surface area (Å²) in [5.74, 6) is -0.0605. The van der Waals surface area contributed by atoms with Gasteiger partial charge in [0.2, 0.25) is 5.91 Å². The number of unbranched alkanes of at least 4 members (excludes halogenated alkanes) is 32. The minimum absolute atomic E-state index is 0.0605. The molecule has 280 valence electrons. The molecule has 0 aromatic rings. The van der Waals surface area contributed by atoms with Crippen LogP contribution in [0.3, 0.4) is 0 Å². The molecule has 4 heteroatoms. The molecule has 0 rings (SSSR count). The van der Waals surface area contributed by atoms with Crippen LogP contribution in [-0.2, 0) is 4.79 Å². The molecule has 47 heavy (non-hydrogen) atoms. The van der Waals surface area contributed by atoms with Crippen LogP contribution in [0, 0.1) is 0 Å². The number of allylic oxidation sites excluding steroid dienone is 1. The van der Waals surface area contributed by atoms with Crippen LogP contribution in [0.5, 0.6) is 0 Å². The lowest BCUT2D eigenvalue weighted by atomic mass is 10.0. The van der Waals surface area contributed by atoms with Gasteiger partial charge in [-0.15, -0.1) is 0 Å². The second-order valence-electron chi connectivity index (χ2n) is 14.8. The molecule has 1 amide bonds. The zero-order valence-corrected chi connectivity index (χ0v) is 32.1. The molecular formula is C43H85NO3. The van der Waals surface area contributed by atoms with E-state index < -0.39 is 12.1 Å². The van der Waals surface area contributed by atoms with Gasteiger partial charge in [-0.05, 0) is 19.3 Å². The fourth-order valence-electron chi connectivity index (χ4n) is 6.71. The molecule has 0 aromatic carbocycles. The Bertz CT molecular complexity index is 637. The van der Waals surface area contributed by atoms with Crippen LogP contribution in [0.25, 0.3) is 0 Å². The van der Waals surface area contributed by atoms with Gasteiger partial charge in [-0.25, -0.2) is 0 Å². The molecule has 0 aliphatic heterocycles. The number of hydrogen-bond donors (Lipinski definition) is 3. The summed E-state index contributed by atoms with van der Waals surface area (Å²) in [6.45, 7) is 4.31. The molecule has 0 fully saturated rings. The fourth-order valence-corrected chi connectivity index (χ4v) is 6.71. The van der Waals surface area contributed by atoms with Crippen LogP contribution in [-0.4, -0.2) is 34.9 Å². The average molecular weight is 664 g/mol. The predicted molar refractivity (Wildman–Crippen MR) is 207 cm³/mol. The summed E-state index contributed by atoms with van der Waals surface area (Å²) in [7, 11) is 0. The van der Waals surface area contributed by atoms with E-state index in [2.05, 4.69) is 19.2 Å². The minimum Gasteiger partial charge on any atom is -0.394 e. The van der Waals surface area contributed by atoms with E-state index in [0.717, 1.165) is 25.7 Å². The summed E-state index contributed by atoms with van der Waals surface area (Å²) in [4.78, 5) is 12.4. The van der Waals surface area contributed by atoms with Crippen LogP contribution in [0.15, 0.2) is 12.2 Å². The highest BCUT2D eigenvalue weighted by Gasteiger charge is 2.17. The van der Waals surface area contributed by atoms with Gasteiger partial charge in [0.25, 0.3) is 0 Å². The normalized spacial score (nSPS) is 13.0. The van der Waals surface area contributed by atoms with E-state index >= 15 is 0 Å². The zero-order valence-electron chi connectivity index (χ0n) is 32.1. The summed E-state index contributed by atoms with van der Waals surface area (Å²) in [6.07, 6.45) is 48.9. The van der Waals surface area contributed by atoms with E-state index in [0.29, 0.717) is 6.42 Å². The van der Waals surface area contributed by atoms with Crippen molar-refractivity contribution in [3.8, 4) is 0 Å². The van der Waals surface area contributed by atoms with Crippen molar-refractivity contribution in [1.82, 2.24) is 5.32 Å². The van der Waals surface area contributed by atoms with Crippen molar-refractivity contribution in [1.29, 1.82) is 0 Å². The maximum absolute atomic E-state index is 12.4. The van der Waals surface area contributed by atoms with Crippen molar-refractivity contribution >= 4 is 5.91 Å². The van der Waals surface area contributed by atoms with E-state index in [4.69, 9.17) is 0 Å². The molecule has 0 bridgehead atoms. The van der Waals surface area contributed by atoms with Crippen LogP contribution < -0.4 is 5.32 Å². The van der Waals surface area contributed by atoms with Crippen molar-refractivity contribution in [2.75, 3.05) is 6.61 Å². The van der Waals surface area contributed by atoms with E-state index in [1.54, 1.807) is 6.08 Å². The Hall–Kier alpha value is -0.870. The van der Waals surface area contributed by atoms with Gasteiger partial charge >= 0.3 is 0 Å². The Kier molecular flexibility index (Phi) is 38.8. The molecule has 0 saturated heterocycles. The molecule has 0 saturated carbocycles. The Labute approximate surface area is 295 Å². The highest BCUT2D eigenvalue weighted by molar-refractivity contribution is 5.76. The van der Waals surface area contributed by atoms with Gasteiger partial charge in [-0.3, -0.25) is 4.79 Å². The molecule has 0 unspecified atom stereocenters. The number of rotatable bonds is 39. The number of carbonyl (C=O) groups excluding carboxylic acids is 1. The number of hydrogen-bond acceptors (Lipinski definition) is 3. The zero-order chi connectivity index (χ0) is 34.3. The molecular weight excluding hydrogens is 578 g/mol. The number of aliphatic hydroxyl groups is 2. The molecule has 0 radical (unpaired) electrons. The minimum atomic E-state index is -0.832. The summed E-state index contributed by atoms with van der Waals surface area (Å²) in [6, 6.07) is -0.615. The Morgan fingerprint density at radius 2 is 0.787 bits per heavy atom. The quantitative estimate of drug-likeness (QED) is 0.0453. The van der Waals surface area contributed by atoms with Crippen molar-refractivity contribution in [2.24, 2.45) is 0 Å². The molecule has 0 aliphatic carbocycles. The summed E-state index contributed by atoms with van der Waals surface area (Å²) in [5, 5.41) is 22.9. The van der Waals surface area contributed by atoms with Crippen molar-refractivity contribution in [3.63, 3.8) is 0 Å². The summed E-state index contributed by atoms with van der Waals surface area (Å²) in [5.41, 5.74) is 0. The molecule has 0 aromatic heterocycles. The lowest BCUT2D eigenvalue weighted by Crippen LogP contribution is -2.45. The third kappa shape index (κ3) is 36.2. The molecule has 0 aliphatic rings. The largest absolute Gasteiger partial charge is 0.394 e. The topological polar surface area (TPSA) is 69.6 Å². The van der Waals surface area contributed by atoms with E-state index in [1.165, 1.54) is 193 Å². The van der Waals surface area contributed by atoms with Crippen molar-refractivity contribution < 1.29 is 15.0 Å². The molecule has 0 spiro atoms. The lowest BCUT2D eigenvalue weighted by Gasteiger charge is -2.20. The molecule has 3 N–H and O–H groups in total. The summed E-state index contributed by atoms with van der Waals surface area (Å²) < 4.78 is 0. The molecule has 2 atom stereocenters. The van der Waals surface area contributed by atoms with Crippen molar-refractivity contribution in [2.45, 2.75) is 251 Å². The van der Waals surface area contributed by atoms with E-state index in [1.807, 2.05) is 6.08 Å². The first-order valence-electron chi connectivity index (χ1n) is 21.4. The van der Waals surface area contributed by atoms with E-state index in [-0.39, 0.29) is 12.5 Å². The number of carbonyl (C=O) groups is 1. The van der Waals surface area contributed by atoms with Gasteiger partial charge in [0.05, 0.1) is 18.8 Å². The third-order valence-corrected chi connectivity index (χ3v) is 10.0. The van der Waals surface area contributed by atoms with Gasteiger partial charge in [0.1, 0.15) is 0 Å². The average Bonchev–Trinajstić information content (AvgIpc) is 3.07. The first-order chi connectivity index (χ1) is 23.2. The van der Waals surface area contributed by atoms with Gasteiger partial charge in [-0.1, -0.05) is 225 Å². The Balaban J connectivity index is 3.48. The van der Waals surface area contributed by atoms with E-state index in [9.17, 15) is 15.0 Å². The number of amides is 1. The van der Waals surface area contributed by atoms with Crippen LogP contribution >= 0.6 is 0 Å². The van der Waals surface area contributed by atoms with Gasteiger partial charge in [0, 0.05) is 6.42 Å². The maximum Gasteiger partial charge on any atom is 0.220 e. The summed E-state index contributed by atoms with van der Waals surface area (Å²) >= 11 is 0. The molecule has 0 heterocycles. The Morgan fingerprint density at radius 3 is 1.11 bits per heavy atom. The van der Waals surface area contributed by atoms with Gasteiger partial charge in [0.15, 0.2) is 0 Å². The lowest BCUT2D eigenvalue weighted by molar-refractivity contribution is -0.123. The predicted octanol–water partition coefficient (Wildman–Crippen LogP) is 13.1. The molecule has 4 nitrogen and oxygen atoms in total. The highest BCUT2D eigenvalue weighted by Crippen LogP contribution is 2.16. The first-order valence-corrected chi connectivity index (χ1v) is 21.4. The Morgan fingerprint density at radius 1 is 0.489 bits per heavy atom. The number of nitrogens with one attached hydrogen (secondary N) is 1. The second kappa shape index (κ2) is 39.6. The second-order valence-corrected chi connectivity index (χ2v) is 14.8. The maximum atomic E-state index is 12.4. The van der Waals surface area contributed by atoms with Crippen LogP contribution in [0.2, 0.25) is 0 Å². The van der Waals surface area contributed by atoms with Gasteiger partial charge < -0.3 is 15.5 Å². The SMILES string of the molecule is CCCCCCCCCCCC/C=C/[C@@H](O)[C@H](CO)NC(=O)CCCCCCCCCCCCCCCCCCCCCCCCC. The fraction of sp³-hybridized carbons (Fsp3) is 0.930. The first kappa shape index (κ1) is 46.1.